The van der Waals surface area contributed by atoms with Crippen LogP contribution < -0.4 is 10.2 Å². The Hall–Kier alpha value is -2.74. The van der Waals surface area contributed by atoms with Gasteiger partial charge in [0.15, 0.2) is 18.1 Å². The highest BCUT2D eigenvalue weighted by atomic mass is 79.9. The molecule has 0 heterocycles. The van der Waals surface area contributed by atoms with Crippen molar-refractivity contribution in [1.82, 2.24) is 5.43 Å². The minimum absolute atomic E-state index is 0.133. The van der Waals surface area contributed by atoms with Gasteiger partial charge in [0.05, 0.1) is 6.21 Å². The van der Waals surface area contributed by atoms with Crippen LogP contribution in [0.5, 0.6) is 23.0 Å². The summed E-state index contributed by atoms with van der Waals surface area (Å²) in [6, 6.07) is 9.55. The van der Waals surface area contributed by atoms with Crippen LogP contribution in [0.25, 0.3) is 0 Å². The highest BCUT2D eigenvalue weighted by molar-refractivity contribution is 9.10. The number of phenols is 3. The number of hydrazone groups is 1. The van der Waals surface area contributed by atoms with E-state index in [-0.39, 0.29) is 12.2 Å². The Morgan fingerprint density at radius 3 is 2.74 bits per heavy atom. The maximum absolute atomic E-state index is 11.6. The minimum atomic E-state index is -0.654. The Bertz CT molecular complexity index is 749. The van der Waals surface area contributed by atoms with Crippen molar-refractivity contribution in [1.29, 1.82) is 0 Å². The Morgan fingerprint density at radius 2 is 2.00 bits per heavy atom. The Balaban J connectivity index is 1.88. The van der Waals surface area contributed by atoms with Gasteiger partial charge < -0.3 is 20.1 Å². The molecule has 0 unspecified atom stereocenters. The molecule has 0 aliphatic carbocycles. The van der Waals surface area contributed by atoms with Crippen molar-refractivity contribution in [3.63, 3.8) is 0 Å². The molecule has 120 valence electrons. The number of amides is 1. The Kier molecular flexibility index (Phi) is 5.42. The number of nitrogens with one attached hydrogen (secondary N) is 1. The van der Waals surface area contributed by atoms with Crippen molar-refractivity contribution in [3.05, 3.63) is 46.4 Å². The average Bonchev–Trinajstić information content (AvgIpc) is 2.53. The van der Waals surface area contributed by atoms with Crippen LogP contribution in [0.1, 0.15) is 5.56 Å². The van der Waals surface area contributed by atoms with Gasteiger partial charge in [0.25, 0.3) is 5.91 Å². The summed E-state index contributed by atoms with van der Waals surface area (Å²) in [5.41, 5.74) is 2.35. The molecular weight excluding hydrogens is 368 g/mol. The van der Waals surface area contributed by atoms with Gasteiger partial charge in [-0.15, -0.1) is 0 Å². The number of nitrogens with zero attached hydrogens (tertiary/aromatic N) is 1. The van der Waals surface area contributed by atoms with Crippen LogP contribution >= 0.6 is 15.9 Å². The second-order valence-corrected chi connectivity index (χ2v) is 5.33. The number of rotatable bonds is 5. The first-order chi connectivity index (χ1) is 11.0. The minimum Gasteiger partial charge on any atom is -0.504 e. The third-order valence-electron chi connectivity index (χ3n) is 2.72. The van der Waals surface area contributed by atoms with Gasteiger partial charge in [-0.1, -0.05) is 22.0 Å². The van der Waals surface area contributed by atoms with Crippen molar-refractivity contribution in [3.8, 4) is 23.0 Å². The number of ether oxygens (including phenoxy) is 1. The molecule has 2 aromatic carbocycles. The third kappa shape index (κ3) is 4.62. The summed E-state index contributed by atoms with van der Waals surface area (Å²) in [7, 11) is 0. The van der Waals surface area contributed by atoms with Crippen molar-refractivity contribution < 1.29 is 24.9 Å². The third-order valence-corrected chi connectivity index (χ3v) is 3.21. The van der Waals surface area contributed by atoms with Crippen LogP contribution in [-0.2, 0) is 4.79 Å². The number of benzene rings is 2. The Morgan fingerprint density at radius 1 is 1.22 bits per heavy atom. The second kappa shape index (κ2) is 7.50. The number of carbonyl (C=O) groups is 1. The molecule has 23 heavy (non-hydrogen) atoms. The van der Waals surface area contributed by atoms with Crippen molar-refractivity contribution in [2.24, 2.45) is 5.10 Å². The second-order valence-electron chi connectivity index (χ2n) is 4.41. The summed E-state index contributed by atoms with van der Waals surface area (Å²) >= 11 is 3.29. The molecule has 4 N–H and O–H groups in total. The molecule has 0 saturated heterocycles. The molecule has 0 saturated carbocycles. The molecule has 0 aliphatic rings. The van der Waals surface area contributed by atoms with Gasteiger partial charge in [0, 0.05) is 10.0 Å². The van der Waals surface area contributed by atoms with Gasteiger partial charge in [0.2, 0.25) is 5.75 Å². The molecule has 0 fully saturated rings. The molecule has 0 spiro atoms. The predicted molar refractivity (Wildman–Crippen MR) is 86.8 cm³/mol. The van der Waals surface area contributed by atoms with E-state index in [1.807, 2.05) is 6.07 Å². The van der Waals surface area contributed by atoms with Gasteiger partial charge in [0.1, 0.15) is 5.75 Å². The monoisotopic (exact) mass is 380 g/mol. The average molecular weight is 381 g/mol. The van der Waals surface area contributed by atoms with Crippen LogP contribution in [0.3, 0.4) is 0 Å². The molecule has 0 aliphatic heterocycles. The number of hydrogen-bond acceptors (Lipinski definition) is 6. The lowest BCUT2D eigenvalue weighted by Crippen LogP contribution is -2.24. The van der Waals surface area contributed by atoms with E-state index < -0.39 is 23.2 Å². The summed E-state index contributed by atoms with van der Waals surface area (Å²) in [6.45, 7) is -0.236. The molecule has 8 heteroatoms. The quantitative estimate of drug-likeness (QED) is 0.360. The number of phenolic OH excluding ortho intramolecular Hbond substituents is 3. The van der Waals surface area contributed by atoms with E-state index in [9.17, 15) is 20.1 Å². The summed E-state index contributed by atoms with van der Waals surface area (Å²) < 4.78 is 6.10. The van der Waals surface area contributed by atoms with Gasteiger partial charge in [-0.3, -0.25) is 4.79 Å². The number of hydrogen-bond donors (Lipinski definition) is 4. The summed E-state index contributed by atoms with van der Waals surface area (Å²) in [6.07, 6.45) is 1.13. The normalized spacial score (nSPS) is 10.7. The van der Waals surface area contributed by atoms with E-state index in [0.29, 0.717) is 5.75 Å². The van der Waals surface area contributed by atoms with Crippen molar-refractivity contribution in [2.45, 2.75) is 0 Å². The summed E-state index contributed by atoms with van der Waals surface area (Å²) in [4.78, 5) is 11.6. The Labute approximate surface area is 140 Å². The standard InChI is InChI=1S/C15H13BrN2O5/c16-10-2-1-3-11(6-10)23-8-13(20)18-17-7-9-4-5-12(19)15(22)14(9)21/h1-7,19,21-22H,8H2,(H,18,20). The van der Waals surface area contributed by atoms with E-state index >= 15 is 0 Å². The van der Waals surface area contributed by atoms with E-state index in [2.05, 4.69) is 26.5 Å². The number of halogens is 1. The molecular formula is C15H13BrN2O5. The number of carbonyl (C=O) groups excluding carboxylic acids is 1. The molecule has 2 rings (SSSR count). The van der Waals surface area contributed by atoms with E-state index in [1.165, 1.54) is 12.1 Å². The summed E-state index contributed by atoms with van der Waals surface area (Å²) in [5.74, 6) is -1.61. The molecule has 0 radical (unpaired) electrons. The molecule has 0 atom stereocenters. The van der Waals surface area contributed by atoms with E-state index in [4.69, 9.17) is 4.74 Å². The first kappa shape index (κ1) is 16.6. The first-order valence-corrected chi connectivity index (χ1v) is 7.21. The lowest BCUT2D eigenvalue weighted by atomic mass is 10.2. The van der Waals surface area contributed by atoms with Crippen LogP contribution in [0.4, 0.5) is 0 Å². The van der Waals surface area contributed by atoms with E-state index in [0.717, 1.165) is 10.7 Å². The van der Waals surface area contributed by atoms with Crippen LogP contribution in [-0.4, -0.2) is 34.0 Å². The van der Waals surface area contributed by atoms with E-state index in [1.54, 1.807) is 18.2 Å². The van der Waals surface area contributed by atoms with Gasteiger partial charge >= 0.3 is 0 Å². The fourth-order valence-electron chi connectivity index (χ4n) is 1.60. The fraction of sp³-hybridized carbons (Fsp3) is 0.0667. The SMILES string of the molecule is O=C(COc1cccc(Br)c1)NN=Cc1ccc(O)c(O)c1O. The summed E-state index contributed by atoms with van der Waals surface area (Å²) in [5, 5.41) is 31.8. The van der Waals surface area contributed by atoms with Gasteiger partial charge in [-0.2, -0.15) is 5.10 Å². The zero-order chi connectivity index (χ0) is 16.8. The predicted octanol–water partition coefficient (Wildman–Crippen LogP) is 2.10. The number of aromatic hydroxyl groups is 3. The largest absolute Gasteiger partial charge is 0.504 e. The molecule has 1 amide bonds. The topological polar surface area (TPSA) is 111 Å². The molecule has 0 bridgehead atoms. The maximum Gasteiger partial charge on any atom is 0.277 e. The lowest BCUT2D eigenvalue weighted by Gasteiger charge is -2.05. The lowest BCUT2D eigenvalue weighted by molar-refractivity contribution is -0.123. The van der Waals surface area contributed by atoms with Crippen molar-refractivity contribution >= 4 is 28.1 Å². The highest BCUT2D eigenvalue weighted by Crippen LogP contribution is 2.36. The zero-order valence-corrected chi connectivity index (χ0v) is 13.3. The molecule has 7 nitrogen and oxygen atoms in total. The zero-order valence-electron chi connectivity index (χ0n) is 11.7. The molecule has 0 aromatic heterocycles. The van der Waals surface area contributed by atoms with Gasteiger partial charge in [-0.05, 0) is 30.3 Å². The smallest absolute Gasteiger partial charge is 0.277 e. The fourth-order valence-corrected chi connectivity index (χ4v) is 1.98. The van der Waals surface area contributed by atoms with Crippen LogP contribution in [0.2, 0.25) is 0 Å². The van der Waals surface area contributed by atoms with Crippen LogP contribution in [0, 0.1) is 0 Å². The van der Waals surface area contributed by atoms with Gasteiger partial charge in [-0.25, -0.2) is 5.43 Å². The molecule has 2 aromatic rings. The maximum atomic E-state index is 11.6. The highest BCUT2D eigenvalue weighted by Gasteiger charge is 2.09. The van der Waals surface area contributed by atoms with Crippen molar-refractivity contribution in [2.75, 3.05) is 6.61 Å². The van der Waals surface area contributed by atoms with Crippen LogP contribution in [0.15, 0.2) is 46.0 Å². The first-order valence-electron chi connectivity index (χ1n) is 6.41.